The zero-order chi connectivity index (χ0) is 19.1. The molecule has 4 heterocycles. The number of thiophene rings is 1. The van der Waals surface area contributed by atoms with Gasteiger partial charge in [-0.05, 0) is 47.0 Å². The Kier molecular flexibility index (Phi) is 4.43. The topological polar surface area (TPSA) is 71.1 Å². The van der Waals surface area contributed by atoms with Gasteiger partial charge in [0.05, 0.1) is 28.8 Å². The Morgan fingerprint density at radius 1 is 1.25 bits per heavy atom. The maximum absolute atomic E-state index is 12.8. The van der Waals surface area contributed by atoms with Gasteiger partial charge >= 0.3 is 0 Å². The molecule has 0 bridgehead atoms. The van der Waals surface area contributed by atoms with Gasteiger partial charge in [-0.2, -0.15) is 0 Å². The highest BCUT2D eigenvalue weighted by atomic mass is 32.1. The molecule has 0 amide bonds. The minimum absolute atomic E-state index is 0.126. The zero-order valence-corrected chi connectivity index (χ0v) is 16.4. The van der Waals surface area contributed by atoms with Crippen molar-refractivity contribution in [2.45, 2.75) is 13.5 Å². The van der Waals surface area contributed by atoms with Crippen molar-refractivity contribution in [1.29, 1.82) is 0 Å². The third-order valence-electron chi connectivity index (χ3n) is 5.15. The average Bonchev–Trinajstić information content (AvgIpc) is 3.17. The summed E-state index contributed by atoms with van der Waals surface area (Å²) < 4.78 is 6.54. The Hall–Kier alpha value is -2.61. The first-order chi connectivity index (χ1) is 13.7. The highest BCUT2D eigenvalue weighted by Crippen LogP contribution is 2.25. The number of fused-ring (bicyclic) bond motifs is 2. The van der Waals surface area contributed by atoms with Crippen LogP contribution in [0, 0.1) is 6.92 Å². The summed E-state index contributed by atoms with van der Waals surface area (Å²) in [5, 5.41) is 3.77. The molecule has 0 aliphatic carbocycles. The van der Waals surface area contributed by atoms with Gasteiger partial charge in [-0.25, -0.2) is 4.98 Å². The fraction of sp³-hybridized carbons (Fsp3) is 0.286. The molecule has 1 aliphatic heterocycles. The molecule has 1 fully saturated rings. The standard InChI is InChI=1S/C21H20N4O2S/c1-13-8-14(12-25-3-5-27-6-4-25)9-16-19(13)23-20(24-21(16)26)17-10-15-2-7-28-18(15)11-22-17/h2,7-11H,3-6,12H2,1H3,(H,23,24,26). The molecule has 1 aromatic carbocycles. The van der Waals surface area contributed by atoms with Crippen LogP contribution in [0.4, 0.5) is 0 Å². The maximum atomic E-state index is 12.8. The van der Waals surface area contributed by atoms with Gasteiger partial charge < -0.3 is 9.72 Å². The number of nitrogens with zero attached hydrogens (tertiary/aromatic N) is 3. The van der Waals surface area contributed by atoms with E-state index in [0.717, 1.165) is 59.6 Å². The quantitative estimate of drug-likeness (QED) is 0.579. The second-order valence-electron chi connectivity index (χ2n) is 7.14. The van der Waals surface area contributed by atoms with Crippen LogP contribution in [0.3, 0.4) is 0 Å². The SMILES string of the molecule is Cc1cc(CN2CCOCC2)cc2c(=O)[nH]c(-c3cc4ccsc4cn3)nc12. The van der Waals surface area contributed by atoms with Crippen LogP contribution < -0.4 is 5.56 Å². The van der Waals surface area contributed by atoms with Gasteiger partial charge in [0.15, 0.2) is 5.82 Å². The third-order valence-corrected chi connectivity index (χ3v) is 6.02. The summed E-state index contributed by atoms with van der Waals surface area (Å²) in [6.07, 6.45) is 1.83. The van der Waals surface area contributed by atoms with Crippen LogP contribution in [0.5, 0.6) is 0 Å². The largest absolute Gasteiger partial charge is 0.379 e. The number of rotatable bonds is 3. The summed E-state index contributed by atoms with van der Waals surface area (Å²) in [6, 6.07) is 8.11. The number of nitrogens with one attached hydrogen (secondary N) is 1. The molecule has 28 heavy (non-hydrogen) atoms. The molecule has 0 radical (unpaired) electrons. The minimum Gasteiger partial charge on any atom is -0.379 e. The van der Waals surface area contributed by atoms with E-state index in [9.17, 15) is 4.79 Å². The molecule has 0 spiro atoms. The maximum Gasteiger partial charge on any atom is 0.259 e. The zero-order valence-electron chi connectivity index (χ0n) is 15.6. The molecule has 5 rings (SSSR count). The monoisotopic (exact) mass is 392 g/mol. The van der Waals surface area contributed by atoms with E-state index < -0.39 is 0 Å². The van der Waals surface area contributed by atoms with E-state index in [2.05, 4.69) is 20.9 Å². The lowest BCUT2D eigenvalue weighted by atomic mass is 10.1. The van der Waals surface area contributed by atoms with Crippen molar-refractivity contribution in [1.82, 2.24) is 19.9 Å². The highest BCUT2D eigenvalue weighted by Gasteiger charge is 2.14. The molecule has 0 saturated carbocycles. The Balaban J connectivity index is 1.55. The normalized spacial score (nSPS) is 15.5. The number of hydrogen-bond donors (Lipinski definition) is 1. The van der Waals surface area contributed by atoms with Crippen LogP contribution in [-0.2, 0) is 11.3 Å². The molecule has 6 nitrogen and oxygen atoms in total. The molecule has 0 atom stereocenters. The first-order valence-electron chi connectivity index (χ1n) is 9.35. The number of ether oxygens (including phenoxy) is 1. The van der Waals surface area contributed by atoms with Gasteiger partial charge in [0.2, 0.25) is 0 Å². The molecule has 4 aromatic rings. The molecular formula is C21H20N4O2S. The van der Waals surface area contributed by atoms with Crippen molar-refractivity contribution >= 4 is 32.3 Å². The molecular weight excluding hydrogens is 372 g/mol. The van der Waals surface area contributed by atoms with Crippen molar-refractivity contribution in [3.63, 3.8) is 0 Å². The van der Waals surface area contributed by atoms with E-state index in [-0.39, 0.29) is 5.56 Å². The van der Waals surface area contributed by atoms with E-state index in [1.807, 2.05) is 36.7 Å². The number of aromatic nitrogens is 3. The van der Waals surface area contributed by atoms with Crippen molar-refractivity contribution in [2.24, 2.45) is 0 Å². The van der Waals surface area contributed by atoms with Crippen LogP contribution in [0.25, 0.3) is 32.5 Å². The molecule has 1 N–H and O–H groups in total. The van der Waals surface area contributed by atoms with Crippen LogP contribution in [-0.4, -0.2) is 46.2 Å². The number of morpholine rings is 1. The molecule has 3 aromatic heterocycles. The number of hydrogen-bond acceptors (Lipinski definition) is 6. The number of H-pyrrole nitrogens is 1. The predicted octanol–water partition coefficient (Wildman–Crippen LogP) is 3.34. The number of benzene rings is 1. The van der Waals surface area contributed by atoms with E-state index in [1.54, 1.807) is 11.3 Å². The summed E-state index contributed by atoms with van der Waals surface area (Å²) >= 11 is 1.65. The first-order valence-corrected chi connectivity index (χ1v) is 10.2. The minimum atomic E-state index is -0.126. The Bertz CT molecular complexity index is 1220. The summed E-state index contributed by atoms with van der Waals surface area (Å²) in [4.78, 5) is 27.3. The molecule has 7 heteroatoms. The van der Waals surface area contributed by atoms with Crippen molar-refractivity contribution in [3.8, 4) is 11.5 Å². The third kappa shape index (κ3) is 3.22. The van der Waals surface area contributed by atoms with Gasteiger partial charge in [-0.3, -0.25) is 14.7 Å². The summed E-state index contributed by atoms with van der Waals surface area (Å²) in [6.45, 7) is 6.19. The Morgan fingerprint density at radius 2 is 2.11 bits per heavy atom. The van der Waals surface area contributed by atoms with Gasteiger partial charge in [-0.15, -0.1) is 11.3 Å². The van der Waals surface area contributed by atoms with E-state index in [0.29, 0.717) is 16.9 Å². The second-order valence-corrected chi connectivity index (χ2v) is 8.09. The number of pyridine rings is 1. The predicted molar refractivity (Wildman–Crippen MR) is 112 cm³/mol. The van der Waals surface area contributed by atoms with Crippen molar-refractivity contribution in [2.75, 3.05) is 26.3 Å². The van der Waals surface area contributed by atoms with E-state index in [4.69, 9.17) is 9.72 Å². The molecule has 142 valence electrons. The van der Waals surface area contributed by atoms with Gasteiger partial charge in [0, 0.05) is 25.8 Å². The van der Waals surface area contributed by atoms with Gasteiger partial charge in [-0.1, -0.05) is 6.07 Å². The second kappa shape index (κ2) is 7.09. The van der Waals surface area contributed by atoms with Crippen LogP contribution in [0.1, 0.15) is 11.1 Å². The van der Waals surface area contributed by atoms with Crippen molar-refractivity contribution < 1.29 is 4.74 Å². The summed E-state index contributed by atoms with van der Waals surface area (Å²) in [5.41, 5.74) is 3.42. The van der Waals surface area contributed by atoms with Gasteiger partial charge in [0.1, 0.15) is 5.69 Å². The fourth-order valence-corrected chi connectivity index (χ4v) is 4.46. The van der Waals surface area contributed by atoms with E-state index >= 15 is 0 Å². The van der Waals surface area contributed by atoms with Gasteiger partial charge in [0.25, 0.3) is 5.56 Å². The summed E-state index contributed by atoms with van der Waals surface area (Å²) in [5.74, 6) is 0.509. The van der Waals surface area contributed by atoms with E-state index in [1.165, 1.54) is 0 Å². The Labute approximate surface area is 165 Å². The van der Waals surface area contributed by atoms with Crippen LogP contribution >= 0.6 is 11.3 Å². The molecule has 1 saturated heterocycles. The highest BCUT2D eigenvalue weighted by molar-refractivity contribution is 7.17. The van der Waals surface area contributed by atoms with Crippen LogP contribution in [0.2, 0.25) is 0 Å². The van der Waals surface area contributed by atoms with Crippen molar-refractivity contribution in [3.05, 3.63) is 57.3 Å². The van der Waals surface area contributed by atoms with Crippen LogP contribution in [0.15, 0.2) is 40.6 Å². The lowest BCUT2D eigenvalue weighted by molar-refractivity contribution is 0.0342. The first kappa shape index (κ1) is 17.5. The molecule has 1 aliphatic rings. The number of aromatic amines is 1. The number of aryl methyl sites for hydroxylation is 1. The summed E-state index contributed by atoms with van der Waals surface area (Å²) in [7, 11) is 0. The lowest BCUT2D eigenvalue weighted by Gasteiger charge is -2.26. The molecule has 0 unspecified atom stereocenters. The average molecular weight is 392 g/mol. The smallest absolute Gasteiger partial charge is 0.259 e. The Morgan fingerprint density at radius 3 is 2.96 bits per heavy atom. The fourth-order valence-electron chi connectivity index (χ4n) is 3.72. The lowest BCUT2D eigenvalue weighted by Crippen LogP contribution is -2.35.